The minimum absolute atomic E-state index is 0.508. The standard InChI is InChI=1S/C14H9BrCl2N4/c15-12-7-21(8-13-18-5-11(17)6-19-13)14(20-12)9-1-3-10(16)4-2-9/h1-7H,8H2. The second kappa shape index (κ2) is 6.13. The van der Waals surface area contributed by atoms with Crippen molar-refractivity contribution in [2.24, 2.45) is 0 Å². The maximum Gasteiger partial charge on any atom is 0.148 e. The van der Waals surface area contributed by atoms with Crippen LogP contribution in [0.2, 0.25) is 10.0 Å². The zero-order chi connectivity index (χ0) is 14.8. The summed E-state index contributed by atoms with van der Waals surface area (Å²) in [6.45, 7) is 0.508. The minimum atomic E-state index is 0.508. The van der Waals surface area contributed by atoms with Crippen molar-refractivity contribution in [2.75, 3.05) is 0 Å². The second-order valence-electron chi connectivity index (χ2n) is 4.34. The molecule has 0 atom stereocenters. The number of imidazole rings is 1. The van der Waals surface area contributed by atoms with Gasteiger partial charge in [0.2, 0.25) is 0 Å². The molecular formula is C14H9BrCl2N4. The fraction of sp³-hybridized carbons (Fsp3) is 0.0714. The van der Waals surface area contributed by atoms with Crippen molar-refractivity contribution in [3.63, 3.8) is 0 Å². The lowest BCUT2D eigenvalue weighted by Crippen LogP contribution is -2.04. The summed E-state index contributed by atoms with van der Waals surface area (Å²) in [5.74, 6) is 1.48. The van der Waals surface area contributed by atoms with Gasteiger partial charge in [0.05, 0.1) is 11.6 Å². The molecular weight excluding hydrogens is 375 g/mol. The smallest absolute Gasteiger partial charge is 0.148 e. The summed E-state index contributed by atoms with van der Waals surface area (Å²) in [6.07, 6.45) is 5.05. The second-order valence-corrected chi connectivity index (χ2v) is 6.02. The molecule has 4 nitrogen and oxygen atoms in total. The third kappa shape index (κ3) is 3.43. The largest absolute Gasteiger partial charge is 0.322 e. The van der Waals surface area contributed by atoms with E-state index in [0.29, 0.717) is 22.4 Å². The van der Waals surface area contributed by atoms with Crippen LogP contribution in [0.3, 0.4) is 0 Å². The number of hydrogen-bond acceptors (Lipinski definition) is 3. The Balaban J connectivity index is 1.95. The third-order valence-corrected chi connectivity index (χ3v) is 3.66. The van der Waals surface area contributed by atoms with Crippen LogP contribution in [0.15, 0.2) is 47.5 Å². The summed E-state index contributed by atoms with van der Waals surface area (Å²) in [5, 5.41) is 1.21. The monoisotopic (exact) mass is 382 g/mol. The van der Waals surface area contributed by atoms with Gasteiger partial charge in [-0.25, -0.2) is 15.0 Å². The van der Waals surface area contributed by atoms with Crippen molar-refractivity contribution in [1.29, 1.82) is 0 Å². The molecule has 0 fully saturated rings. The number of rotatable bonds is 3. The molecule has 0 radical (unpaired) electrons. The van der Waals surface area contributed by atoms with Crippen molar-refractivity contribution >= 4 is 39.1 Å². The van der Waals surface area contributed by atoms with Gasteiger partial charge < -0.3 is 4.57 Å². The highest BCUT2D eigenvalue weighted by Gasteiger charge is 2.10. The van der Waals surface area contributed by atoms with E-state index in [1.54, 1.807) is 12.4 Å². The van der Waals surface area contributed by atoms with Crippen LogP contribution < -0.4 is 0 Å². The van der Waals surface area contributed by atoms with E-state index in [1.807, 2.05) is 35.0 Å². The summed E-state index contributed by atoms with van der Waals surface area (Å²) in [6, 6.07) is 7.53. The number of nitrogens with zero attached hydrogens (tertiary/aromatic N) is 4. The fourth-order valence-electron chi connectivity index (χ4n) is 1.91. The highest BCUT2D eigenvalue weighted by Crippen LogP contribution is 2.23. The van der Waals surface area contributed by atoms with E-state index in [-0.39, 0.29) is 0 Å². The number of benzene rings is 1. The Kier molecular flexibility index (Phi) is 4.24. The van der Waals surface area contributed by atoms with Crippen LogP contribution in [0.4, 0.5) is 0 Å². The topological polar surface area (TPSA) is 43.6 Å². The van der Waals surface area contributed by atoms with Crippen molar-refractivity contribution < 1.29 is 0 Å². The Morgan fingerprint density at radius 1 is 1.00 bits per heavy atom. The lowest BCUT2D eigenvalue weighted by molar-refractivity contribution is 0.750. The van der Waals surface area contributed by atoms with Crippen molar-refractivity contribution in [1.82, 2.24) is 19.5 Å². The Labute approximate surface area is 139 Å². The van der Waals surface area contributed by atoms with Crippen LogP contribution in [0, 0.1) is 0 Å². The minimum Gasteiger partial charge on any atom is -0.322 e. The van der Waals surface area contributed by atoms with Gasteiger partial charge in [-0.1, -0.05) is 23.2 Å². The van der Waals surface area contributed by atoms with Crippen LogP contribution in [-0.4, -0.2) is 19.5 Å². The quantitative estimate of drug-likeness (QED) is 0.670. The average molecular weight is 384 g/mol. The molecule has 2 aromatic heterocycles. The van der Waals surface area contributed by atoms with Crippen LogP contribution >= 0.6 is 39.1 Å². The van der Waals surface area contributed by atoms with Crippen molar-refractivity contribution in [3.8, 4) is 11.4 Å². The first-order valence-electron chi connectivity index (χ1n) is 6.07. The molecule has 0 unspecified atom stereocenters. The van der Waals surface area contributed by atoms with Gasteiger partial charge in [0.15, 0.2) is 0 Å². The molecule has 3 rings (SSSR count). The van der Waals surface area contributed by atoms with Crippen molar-refractivity contribution in [3.05, 3.63) is 63.3 Å². The molecule has 0 aliphatic heterocycles. The Morgan fingerprint density at radius 2 is 1.67 bits per heavy atom. The zero-order valence-electron chi connectivity index (χ0n) is 10.7. The molecule has 7 heteroatoms. The molecule has 0 aliphatic carbocycles. The third-order valence-electron chi connectivity index (χ3n) is 2.84. The summed E-state index contributed by atoms with van der Waals surface area (Å²) in [4.78, 5) is 12.9. The fourth-order valence-corrected chi connectivity index (χ4v) is 2.55. The Hall–Kier alpha value is -1.43. The highest BCUT2D eigenvalue weighted by molar-refractivity contribution is 9.10. The predicted molar refractivity (Wildman–Crippen MR) is 86.5 cm³/mol. The maximum atomic E-state index is 5.92. The van der Waals surface area contributed by atoms with Crippen LogP contribution in [0.1, 0.15) is 5.82 Å². The SMILES string of the molecule is Clc1ccc(-c2nc(Br)cn2Cc2ncc(Cl)cn2)cc1. The first-order valence-corrected chi connectivity index (χ1v) is 7.62. The van der Waals surface area contributed by atoms with Gasteiger partial charge in [-0.3, -0.25) is 0 Å². The molecule has 0 aliphatic rings. The lowest BCUT2D eigenvalue weighted by atomic mass is 10.2. The van der Waals surface area contributed by atoms with Gasteiger partial charge in [0, 0.05) is 29.2 Å². The van der Waals surface area contributed by atoms with Gasteiger partial charge >= 0.3 is 0 Å². The van der Waals surface area contributed by atoms with E-state index in [0.717, 1.165) is 16.0 Å². The average Bonchev–Trinajstić information content (AvgIpc) is 2.83. The predicted octanol–water partition coefficient (Wildman–Crippen LogP) is 4.46. The van der Waals surface area contributed by atoms with E-state index >= 15 is 0 Å². The molecule has 0 spiro atoms. The number of halogens is 3. The normalized spacial score (nSPS) is 10.8. The molecule has 21 heavy (non-hydrogen) atoms. The maximum absolute atomic E-state index is 5.92. The molecule has 1 aromatic carbocycles. The first kappa shape index (κ1) is 14.5. The summed E-state index contributed by atoms with van der Waals surface area (Å²) in [5.41, 5.74) is 0.971. The molecule has 0 saturated carbocycles. The first-order chi connectivity index (χ1) is 10.1. The summed E-state index contributed by atoms with van der Waals surface area (Å²) >= 11 is 15.1. The molecule has 106 valence electrons. The van der Waals surface area contributed by atoms with E-state index in [1.165, 1.54) is 0 Å². The molecule has 2 heterocycles. The van der Waals surface area contributed by atoms with Crippen LogP contribution in [0.5, 0.6) is 0 Å². The van der Waals surface area contributed by atoms with E-state index in [2.05, 4.69) is 30.9 Å². The highest BCUT2D eigenvalue weighted by atomic mass is 79.9. The van der Waals surface area contributed by atoms with Crippen molar-refractivity contribution in [2.45, 2.75) is 6.54 Å². The molecule has 0 saturated heterocycles. The molecule has 0 bridgehead atoms. The zero-order valence-corrected chi connectivity index (χ0v) is 13.8. The van der Waals surface area contributed by atoms with E-state index in [4.69, 9.17) is 23.2 Å². The summed E-state index contributed by atoms with van der Waals surface area (Å²) in [7, 11) is 0. The van der Waals surface area contributed by atoms with E-state index < -0.39 is 0 Å². The van der Waals surface area contributed by atoms with E-state index in [9.17, 15) is 0 Å². The Morgan fingerprint density at radius 3 is 2.33 bits per heavy atom. The summed E-state index contributed by atoms with van der Waals surface area (Å²) < 4.78 is 2.72. The molecule has 0 amide bonds. The van der Waals surface area contributed by atoms with Gasteiger partial charge in [-0.2, -0.15) is 0 Å². The van der Waals surface area contributed by atoms with Gasteiger partial charge in [0.1, 0.15) is 16.3 Å². The molecule has 0 N–H and O–H groups in total. The number of aromatic nitrogens is 4. The molecule has 3 aromatic rings. The number of hydrogen-bond donors (Lipinski definition) is 0. The Bertz CT molecular complexity index is 754. The van der Waals surface area contributed by atoms with Gasteiger partial charge in [-0.15, -0.1) is 0 Å². The lowest BCUT2D eigenvalue weighted by Gasteiger charge is -2.07. The van der Waals surface area contributed by atoms with Gasteiger partial charge in [0.25, 0.3) is 0 Å². The van der Waals surface area contributed by atoms with Crippen LogP contribution in [-0.2, 0) is 6.54 Å². The van der Waals surface area contributed by atoms with Gasteiger partial charge in [-0.05, 0) is 40.2 Å². The van der Waals surface area contributed by atoms with Crippen LogP contribution in [0.25, 0.3) is 11.4 Å².